The number of aliphatic hydroxyl groups is 4. The number of allylic oxidation sites excluding steroid dienone is 2. The number of nitrogens with one attached hydrogen (secondary N) is 2. The minimum atomic E-state index is -1.65. The summed E-state index contributed by atoms with van der Waals surface area (Å²) in [5, 5.41) is 41.4. The van der Waals surface area contributed by atoms with E-state index in [4.69, 9.17) is 14.7 Å². The fraction of sp³-hybridized carbons (Fsp3) is 0.474. The number of aliphatic hydroxyl groups excluding tert-OH is 3. The van der Waals surface area contributed by atoms with E-state index in [0.717, 1.165) is 86.4 Å². The Hall–Kier alpha value is -3.25. The van der Waals surface area contributed by atoms with E-state index in [0.29, 0.717) is 5.75 Å². The highest BCUT2D eigenvalue weighted by atomic mass is 32.2. The summed E-state index contributed by atoms with van der Waals surface area (Å²) in [5.41, 5.74) is 14.8. The summed E-state index contributed by atoms with van der Waals surface area (Å²) in [6.07, 6.45) is 0.663. The SMILES string of the molecule is C=Cc1c(C)c2cc3nc(c(C)c4cc(C)c(cc5nc(cc1[nH]2)C(C)=C5CC)[nH]4)[C@@H](CCCSC1(O)COC(CO)C(O)C1O)[C@@H]3C. The molecule has 4 unspecified atom stereocenters. The highest BCUT2D eigenvalue weighted by Gasteiger charge is 2.48. The summed E-state index contributed by atoms with van der Waals surface area (Å²) in [6.45, 7) is 16.4. The first kappa shape index (κ1) is 34.6. The van der Waals surface area contributed by atoms with Crippen LogP contribution in [0.5, 0.6) is 0 Å². The van der Waals surface area contributed by atoms with Gasteiger partial charge in [-0.05, 0) is 105 Å². The third kappa shape index (κ3) is 6.08. The van der Waals surface area contributed by atoms with Gasteiger partial charge in [-0.1, -0.05) is 26.5 Å². The fourth-order valence-corrected chi connectivity index (χ4v) is 8.52. The van der Waals surface area contributed by atoms with E-state index >= 15 is 0 Å². The molecule has 6 atom stereocenters. The molecule has 9 nitrogen and oxygen atoms in total. The molecule has 6 heterocycles. The molecule has 0 aromatic carbocycles. The zero-order valence-corrected chi connectivity index (χ0v) is 29.5. The highest BCUT2D eigenvalue weighted by Crippen LogP contribution is 2.43. The van der Waals surface area contributed by atoms with Crippen LogP contribution in [-0.4, -0.2) is 82.6 Å². The number of fused-ring (bicyclic) bond motifs is 8. The molecule has 1 saturated heterocycles. The maximum absolute atomic E-state index is 11.1. The Balaban J connectivity index is 1.42. The van der Waals surface area contributed by atoms with Gasteiger partial charge >= 0.3 is 0 Å². The molecule has 0 spiro atoms. The van der Waals surface area contributed by atoms with E-state index in [9.17, 15) is 20.4 Å². The minimum Gasteiger partial charge on any atom is -0.394 e. The van der Waals surface area contributed by atoms with Gasteiger partial charge in [0.25, 0.3) is 0 Å². The summed E-state index contributed by atoms with van der Waals surface area (Å²) in [7, 11) is 0. The molecule has 256 valence electrons. The van der Waals surface area contributed by atoms with Crippen LogP contribution in [0.4, 0.5) is 0 Å². The normalized spacial score (nSPS) is 25.9. The Morgan fingerprint density at radius 2 is 1.71 bits per heavy atom. The van der Waals surface area contributed by atoms with Crippen molar-refractivity contribution in [1.29, 1.82) is 0 Å². The van der Waals surface area contributed by atoms with E-state index in [-0.39, 0.29) is 18.4 Å². The number of nitrogens with zero attached hydrogens (tertiary/aromatic N) is 2. The fourth-order valence-electron chi connectivity index (χ4n) is 7.39. The number of aromatic amines is 2. The van der Waals surface area contributed by atoms with Crippen molar-refractivity contribution in [2.75, 3.05) is 19.0 Å². The monoisotopic (exact) mass is 672 g/mol. The van der Waals surface area contributed by atoms with Crippen molar-refractivity contribution in [3.63, 3.8) is 0 Å². The third-order valence-corrected chi connectivity index (χ3v) is 11.9. The van der Waals surface area contributed by atoms with Crippen molar-refractivity contribution in [3.05, 3.63) is 75.9 Å². The van der Waals surface area contributed by atoms with E-state index in [1.54, 1.807) is 0 Å². The van der Waals surface area contributed by atoms with Crippen LogP contribution < -0.4 is 0 Å². The Bertz CT molecular complexity index is 1930. The molecule has 8 bridgehead atoms. The number of hydrogen-bond donors (Lipinski definition) is 6. The average Bonchev–Trinajstić information content (AvgIpc) is 3.76. The first-order valence-electron chi connectivity index (χ1n) is 16.9. The van der Waals surface area contributed by atoms with Gasteiger partial charge in [0.1, 0.15) is 18.3 Å². The summed E-state index contributed by atoms with van der Waals surface area (Å²) in [6, 6.07) is 8.65. The van der Waals surface area contributed by atoms with Crippen LogP contribution in [-0.2, 0) is 4.74 Å². The summed E-state index contributed by atoms with van der Waals surface area (Å²) >= 11 is 1.19. The highest BCUT2D eigenvalue weighted by molar-refractivity contribution is 8.00. The van der Waals surface area contributed by atoms with E-state index in [1.165, 1.54) is 22.9 Å². The molecule has 3 aliphatic heterocycles. The second kappa shape index (κ2) is 13.6. The topological polar surface area (TPSA) is 148 Å². The summed E-state index contributed by atoms with van der Waals surface area (Å²) < 4.78 is 5.45. The molecule has 6 N–H and O–H groups in total. The van der Waals surface area contributed by atoms with Crippen LogP contribution in [0.1, 0.15) is 96.9 Å². The molecule has 0 radical (unpaired) electrons. The van der Waals surface area contributed by atoms with Crippen molar-refractivity contribution in [2.24, 2.45) is 0 Å². The lowest BCUT2D eigenvalue weighted by Gasteiger charge is -2.42. The van der Waals surface area contributed by atoms with Crippen LogP contribution >= 0.6 is 11.8 Å². The first-order chi connectivity index (χ1) is 22.9. The first-order valence-corrected chi connectivity index (χ1v) is 17.9. The van der Waals surface area contributed by atoms with Crippen LogP contribution in [0.3, 0.4) is 0 Å². The second-order valence-corrected chi connectivity index (χ2v) is 14.9. The molecule has 0 amide bonds. The Morgan fingerprint density at radius 1 is 1.00 bits per heavy atom. The Morgan fingerprint density at radius 3 is 2.42 bits per heavy atom. The van der Waals surface area contributed by atoms with Gasteiger partial charge in [0.2, 0.25) is 0 Å². The lowest BCUT2D eigenvalue weighted by Crippen LogP contribution is -2.60. The largest absolute Gasteiger partial charge is 0.394 e. The predicted molar refractivity (Wildman–Crippen MR) is 195 cm³/mol. The predicted octanol–water partition coefficient (Wildman–Crippen LogP) is 6.43. The maximum atomic E-state index is 11.1. The van der Waals surface area contributed by atoms with Crippen molar-refractivity contribution >= 4 is 51.1 Å². The van der Waals surface area contributed by atoms with Crippen molar-refractivity contribution < 1.29 is 25.2 Å². The van der Waals surface area contributed by atoms with Gasteiger partial charge in [0.15, 0.2) is 4.93 Å². The van der Waals surface area contributed by atoms with Gasteiger partial charge in [0, 0.05) is 50.9 Å². The number of rotatable bonds is 8. The quantitative estimate of drug-likeness (QED) is 0.119. The number of aromatic nitrogens is 4. The zero-order chi connectivity index (χ0) is 34.5. The van der Waals surface area contributed by atoms with Crippen LogP contribution in [0, 0.1) is 20.8 Å². The van der Waals surface area contributed by atoms with E-state index in [2.05, 4.69) is 82.4 Å². The molecule has 3 aliphatic rings. The molecular weight excluding hydrogens is 625 g/mol. The number of ether oxygens (including phenoxy) is 1. The van der Waals surface area contributed by atoms with Gasteiger partial charge in [-0.2, -0.15) is 0 Å². The van der Waals surface area contributed by atoms with Gasteiger partial charge in [-0.25, -0.2) is 4.98 Å². The molecule has 6 rings (SSSR count). The van der Waals surface area contributed by atoms with Crippen LogP contribution in [0.2, 0.25) is 0 Å². The molecule has 3 aromatic rings. The van der Waals surface area contributed by atoms with E-state index in [1.807, 2.05) is 6.08 Å². The molecule has 10 heteroatoms. The standard InChI is InChI=1S/C38H48N4O5S/c1-8-24-21(5)30-16-33-25(9-2)20(4)29(40-33)15-31-22(6)26(11-10-12-48-38(46)18-47-34(17-43)36(44)37(38)45)35(42-31)23(7)28-13-19(3)27(39-28)14-32(24)41-30/h9,13-16,22,26,34,36-37,39-40,43-46H,2,8,10-12,17-18H2,1,3-7H3/t22-,26-,34?,36?,37?,38?/m0/s1. The number of H-pyrrole nitrogens is 2. The molecule has 1 fully saturated rings. The molecule has 3 aromatic heterocycles. The zero-order valence-electron chi connectivity index (χ0n) is 28.7. The Labute approximate surface area is 286 Å². The van der Waals surface area contributed by atoms with Gasteiger partial charge in [0.05, 0.1) is 24.6 Å². The van der Waals surface area contributed by atoms with Gasteiger partial charge in [-0.3, -0.25) is 4.98 Å². The van der Waals surface area contributed by atoms with Gasteiger partial charge in [-0.15, -0.1) is 11.8 Å². The lowest BCUT2D eigenvalue weighted by atomic mass is 9.86. The van der Waals surface area contributed by atoms with Gasteiger partial charge < -0.3 is 35.1 Å². The van der Waals surface area contributed by atoms with Crippen LogP contribution in [0.25, 0.3) is 39.3 Å². The molecule has 0 aliphatic carbocycles. The van der Waals surface area contributed by atoms with Crippen molar-refractivity contribution in [2.45, 2.75) is 95.9 Å². The summed E-state index contributed by atoms with van der Waals surface area (Å²) in [4.78, 5) is 16.1. The Kier molecular flexibility index (Phi) is 9.79. The maximum Gasteiger partial charge on any atom is 0.162 e. The van der Waals surface area contributed by atoms with Crippen molar-refractivity contribution in [1.82, 2.24) is 19.9 Å². The number of aryl methyl sites for hydroxylation is 3. The number of thioether (sulfide) groups is 1. The molecule has 48 heavy (non-hydrogen) atoms. The second-order valence-electron chi connectivity index (χ2n) is 13.5. The average molecular weight is 673 g/mol. The molecule has 0 saturated carbocycles. The van der Waals surface area contributed by atoms with Crippen LogP contribution in [0.15, 0.2) is 30.8 Å². The summed E-state index contributed by atoms with van der Waals surface area (Å²) in [5.74, 6) is 0.809. The lowest BCUT2D eigenvalue weighted by molar-refractivity contribution is -0.207. The van der Waals surface area contributed by atoms with E-state index < -0.39 is 29.9 Å². The minimum absolute atomic E-state index is 0.128. The van der Waals surface area contributed by atoms with Crippen molar-refractivity contribution in [3.8, 4) is 0 Å². The molecular formula is C38H48N4O5S. The number of hydrogen-bond acceptors (Lipinski definition) is 8. The smallest absolute Gasteiger partial charge is 0.162 e. The third-order valence-electron chi connectivity index (χ3n) is 10.5.